The minimum absolute atomic E-state index is 0.00379. The van der Waals surface area contributed by atoms with Crippen LogP contribution in [0.3, 0.4) is 0 Å². The molecule has 2 aromatic rings. The zero-order valence-corrected chi connectivity index (χ0v) is 16.9. The van der Waals surface area contributed by atoms with Crippen molar-refractivity contribution in [3.63, 3.8) is 0 Å². The third-order valence-electron chi connectivity index (χ3n) is 4.67. The molecule has 2 heterocycles. The van der Waals surface area contributed by atoms with E-state index in [0.29, 0.717) is 13.1 Å². The minimum atomic E-state index is -3.66. The number of sulfonamides is 1. The number of carbonyl (C=O) groups excluding carboxylic acids is 2. The number of furan rings is 1. The zero-order valence-electron chi connectivity index (χ0n) is 16.1. The van der Waals surface area contributed by atoms with Gasteiger partial charge in [0.2, 0.25) is 15.8 Å². The number of nitrogens with zero attached hydrogens (tertiary/aromatic N) is 1. The molecule has 0 spiro atoms. The van der Waals surface area contributed by atoms with E-state index in [1.807, 2.05) is 0 Å². The second-order valence-corrected chi connectivity index (χ2v) is 8.62. The normalized spacial score (nSPS) is 15.5. The number of carbonyl (C=O) groups is 2. The monoisotopic (exact) mass is 421 g/mol. The molecule has 29 heavy (non-hydrogen) atoms. The van der Waals surface area contributed by atoms with Crippen molar-refractivity contribution in [2.75, 3.05) is 20.2 Å². The lowest BCUT2D eigenvalue weighted by atomic mass is 10.2. The Labute approximate surface area is 169 Å². The number of esters is 2. The molecule has 0 saturated carbocycles. The Morgan fingerprint density at radius 1 is 1.03 bits per heavy atom. The van der Waals surface area contributed by atoms with Crippen LogP contribution in [0.2, 0.25) is 0 Å². The fourth-order valence-electron chi connectivity index (χ4n) is 3.10. The standard InChI is InChI=1S/C20H23NO7S/c1-26-20(23)18-10-9-16(28-18)14-27-19(22)15-7-6-8-17(13-15)29(24,25)21-11-4-2-3-5-12-21/h6-10,13H,2-5,11-12,14H2,1H3. The van der Waals surface area contributed by atoms with Gasteiger partial charge in [0, 0.05) is 13.1 Å². The van der Waals surface area contributed by atoms with Crippen molar-refractivity contribution < 1.29 is 31.9 Å². The minimum Gasteiger partial charge on any atom is -0.463 e. The largest absolute Gasteiger partial charge is 0.463 e. The molecule has 156 valence electrons. The van der Waals surface area contributed by atoms with E-state index < -0.39 is 22.0 Å². The smallest absolute Gasteiger partial charge is 0.373 e. The molecule has 1 aliphatic heterocycles. The molecular formula is C20H23NO7S. The first-order chi connectivity index (χ1) is 13.9. The van der Waals surface area contributed by atoms with Crippen molar-refractivity contribution in [1.82, 2.24) is 4.31 Å². The molecular weight excluding hydrogens is 398 g/mol. The van der Waals surface area contributed by atoms with Crippen molar-refractivity contribution in [2.45, 2.75) is 37.2 Å². The van der Waals surface area contributed by atoms with Gasteiger partial charge in [-0.25, -0.2) is 18.0 Å². The molecule has 8 nitrogen and oxygen atoms in total. The van der Waals surface area contributed by atoms with Crippen LogP contribution in [0.25, 0.3) is 0 Å². The second kappa shape index (κ2) is 9.23. The highest BCUT2D eigenvalue weighted by atomic mass is 32.2. The first kappa shape index (κ1) is 21.1. The van der Waals surface area contributed by atoms with Gasteiger partial charge in [-0.05, 0) is 43.2 Å². The maximum atomic E-state index is 12.9. The SMILES string of the molecule is COC(=O)c1ccc(COC(=O)c2cccc(S(=O)(=O)N3CCCCCC3)c2)o1. The lowest BCUT2D eigenvalue weighted by molar-refractivity contribution is 0.0438. The van der Waals surface area contributed by atoms with Crippen molar-refractivity contribution >= 4 is 22.0 Å². The Morgan fingerprint density at radius 3 is 2.45 bits per heavy atom. The highest BCUT2D eigenvalue weighted by Gasteiger charge is 2.26. The molecule has 0 bridgehead atoms. The van der Waals surface area contributed by atoms with Crippen LogP contribution in [0, 0.1) is 0 Å². The van der Waals surface area contributed by atoms with Crippen LogP contribution in [0.4, 0.5) is 0 Å². The number of methoxy groups -OCH3 is 1. The number of benzene rings is 1. The lowest BCUT2D eigenvalue weighted by Crippen LogP contribution is -2.32. The topological polar surface area (TPSA) is 103 Å². The van der Waals surface area contributed by atoms with Gasteiger partial charge in [-0.3, -0.25) is 0 Å². The molecule has 0 radical (unpaired) electrons. The van der Waals surface area contributed by atoms with E-state index in [1.165, 1.54) is 47.8 Å². The summed E-state index contributed by atoms with van der Waals surface area (Å²) in [6.45, 7) is 0.773. The van der Waals surface area contributed by atoms with E-state index in [9.17, 15) is 18.0 Å². The summed E-state index contributed by atoms with van der Waals surface area (Å²) in [6.07, 6.45) is 3.70. The van der Waals surface area contributed by atoms with Gasteiger partial charge in [0.25, 0.3) is 0 Å². The summed E-state index contributed by atoms with van der Waals surface area (Å²) in [5, 5.41) is 0. The summed E-state index contributed by atoms with van der Waals surface area (Å²) in [4.78, 5) is 23.8. The molecule has 1 aromatic heterocycles. The fraction of sp³-hybridized carbons (Fsp3) is 0.400. The van der Waals surface area contributed by atoms with E-state index in [-0.39, 0.29) is 28.6 Å². The first-order valence-electron chi connectivity index (χ1n) is 9.36. The summed E-state index contributed by atoms with van der Waals surface area (Å²) in [5.74, 6) is -1.04. The molecule has 0 atom stereocenters. The Morgan fingerprint density at radius 2 is 1.76 bits per heavy atom. The summed E-state index contributed by atoms with van der Waals surface area (Å²) in [7, 11) is -2.43. The summed E-state index contributed by atoms with van der Waals surface area (Å²) < 4.78 is 42.2. The molecule has 1 aliphatic rings. The molecule has 3 rings (SSSR count). The molecule has 1 aromatic carbocycles. The fourth-order valence-corrected chi connectivity index (χ4v) is 4.66. The van der Waals surface area contributed by atoms with Gasteiger partial charge >= 0.3 is 11.9 Å². The van der Waals surface area contributed by atoms with Gasteiger partial charge in [0.15, 0.2) is 0 Å². The van der Waals surface area contributed by atoms with Crippen LogP contribution >= 0.6 is 0 Å². The van der Waals surface area contributed by atoms with Crippen molar-refractivity contribution in [2.24, 2.45) is 0 Å². The predicted molar refractivity (Wildman–Crippen MR) is 103 cm³/mol. The van der Waals surface area contributed by atoms with Gasteiger partial charge in [-0.15, -0.1) is 0 Å². The van der Waals surface area contributed by atoms with E-state index in [4.69, 9.17) is 9.15 Å². The van der Waals surface area contributed by atoms with Crippen molar-refractivity contribution in [3.05, 3.63) is 53.5 Å². The van der Waals surface area contributed by atoms with E-state index >= 15 is 0 Å². The molecule has 1 saturated heterocycles. The van der Waals surface area contributed by atoms with Crippen LogP contribution in [0.15, 0.2) is 45.7 Å². The van der Waals surface area contributed by atoms with Crippen molar-refractivity contribution in [1.29, 1.82) is 0 Å². The quantitative estimate of drug-likeness (QED) is 0.661. The Kier molecular flexibility index (Phi) is 6.71. The van der Waals surface area contributed by atoms with Crippen LogP contribution in [-0.2, 0) is 26.1 Å². The predicted octanol–water partition coefficient (Wildman–Crippen LogP) is 2.99. The number of ether oxygens (including phenoxy) is 2. The average molecular weight is 421 g/mol. The zero-order chi connectivity index (χ0) is 20.9. The van der Waals surface area contributed by atoms with E-state index in [0.717, 1.165) is 25.7 Å². The first-order valence-corrected chi connectivity index (χ1v) is 10.8. The van der Waals surface area contributed by atoms with Gasteiger partial charge in [-0.2, -0.15) is 4.31 Å². The highest BCUT2D eigenvalue weighted by Crippen LogP contribution is 2.21. The van der Waals surface area contributed by atoms with Crippen molar-refractivity contribution in [3.8, 4) is 0 Å². The Bertz CT molecular complexity index is 972. The average Bonchev–Trinajstić information content (AvgIpc) is 3.03. The second-order valence-electron chi connectivity index (χ2n) is 6.68. The lowest BCUT2D eigenvalue weighted by Gasteiger charge is -2.20. The van der Waals surface area contributed by atoms with E-state index in [2.05, 4.69) is 4.74 Å². The van der Waals surface area contributed by atoms with Crippen LogP contribution in [0.1, 0.15) is 52.4 Å². The Hall–Kier alpha value is -2.65. The molecule has 0 N–H and O–H groups in total. The number of hydrogen-bond donors (Lipinski definition) is 0. The molecule has 0 unspecified atom stereocenters. The van der Waals surface area contributed by atoms with Crippen LogP contribution < -0.4 is 0 Å². The summed E-state index contributed by atoms with van der Waals surface area (Å²) in [5.41, 5.74) is 0.126. The Balaban J connectivity index is 1.69. The summed E-state index contributed by atoms with van der Waals surface area (Å²) in [6, 6.07) is 8.73. The van der Waals surface area contributed by atoms with Crippen LogP contribution in [-0.4, -0.2) is 44.9 Å². The van der Waals surface area contributed by atoms with E-state index in [1.54, 1.807) is 0 Å². The maximum absolute atomic E-state index is 12.9. The van der Waals surface area contributed by atoms with Crippen LogP contribution in [0.5, 0.6) is 0 Å². The summed E-state index contributed by atoms with van der Waals surface area (Å²) >= 11 is 0. The number of hydrogen-bond acceptors (Lipinski definition) is 7. The maximum Gasteiger partial charge on any atom is 0.373 e. The molecule has 0 amide bonds. The highest BCUT2D eigenvalue weighted by molar-refractivity contribution is 7.89. The van der Waals surface area contributed by atoms with Gasteiger partial charge in [0.1, 0.15) is 12.4 Å². The number of rotatable bonds is 6. The third-order valence-corrected chi connectivity index (χ3v) is 6.56. The molecule has 1 fully saturated rings. The van der Waals surface area contributed by atoms with Gasteiger partial charge in [-0.1, -0.05) is 18.9 Å². The van der Waals surface area contributed by atoms with Gasteiger partial charge < -0.3 is 13.9 Å². The molecule has 9 heteroatoms. The third kappa shape index (κ3) is 5.04. The van der Waals surface area contributed by atoms with Gasteiger partial charge in [0.05, 0.1) is 17.6 Å². The molecule has 0 aliphatic carbocycles.